The smallest absolute Gasteiger partial charge is 0.251 e. The van der Waals surface area contributed by atoms with Crippen LogP contribution in [0.3, 0.4) is 0 Å². The molecule has 5 nitrogen and oxygen atoms in total. The number of halogens is 1. The van der Waals surface area contributed by atoms with E-state index in [1.165, 1.54) is 12.1 Å². The van der Waals surface area contributed by atoms with E-state index in [4.69, 9.17) is 4.74 Å². The molecular weight excluding hydrogens is 335 g/mol. The van der Waals surface area contributed by atoms with Gasteiger partial charge in [-0.05, 0) is 55.3 Å². The van der Waals surface area contributed by atoms with E-state index in [-0.39, 0.29) is 23.7 Å². The number of methoxy groups -OCH3 is 1. The lowest BCUT2D eigenvalue weighted by atomic mass is 10.1. The molecule has 6 heteroatoms. The molecule has 26 heavy (non-hydrogen) atoms. The maximum absolute atomic E-state index is 12.9. The second kappa shape index (κ2) is 9.56. The minimum atomic E-state index is -0.306. The van der Waals surface area contributed by atoms with E-state index >= 15 is 0 Å². The molecule has 1 atom stereocenters. The first-order valence-electron chi connectivity index (χ1n) is 8.46. The predicted octanol–water partition coefficient (Wildman–Crippen LogP) is 3.22. The average Bonchev–Trinajstić information content (AvgIpc) is 2.65. The van der Waals surface area contributed by atoms with Crippen molar-refractivity contribution in [2.24, 2.45) is 0 Å². The highest BCUT2D eigenvalue weighted by Crippen LogP contribution is 2.13. The fraction of sp³-hybridized carbons (Fsp3) is 0.300. The zero-order valence-corrected chi connectivity index (χ0v) is 14.9. The van der Waals surface area contributed by atoms with Crippen molar-refractivity contribution in [1.29, 1.82) is 0 Å². The average molecular weight is 358 g/mol. The minimum absolute atomic E-state index is 0.111. The molecule has 2 aromatic rings. The summed E-state index contributed by atoms with van der Waals surface area (Å²) in [4.78, 5) is 24.0. The van der Waals surface area contributed by atoms with Crippen LogP contribution in [0.4, 0.5) is 4.39 Å². The first kappa shape index (κ1) is 19.4. The molecule has 0 spiro atoms. The highest BCUT2D eigenvalue weighted by atomic mass is 19.1. The van der Waals surface area contributed by atoms with Gasteiger partial charge in [0, 0.05) is 18.5 Å². The Morgan fingerprint density at radius 1 is 1.08 bits per heavy atom. The van der Waals surface area contributed by atoms with Crippen LogP contribution in [0.5, 0.6) is 5.75 Å². The van der Waals surface area contributed by atoms with Gasteiger partial charge in [-0.1, -0.05) is 12.1 Å². The molecule has 2 amide bonds. The molecule has 0 aliphatic rings. The summed E-state index contributed by atoms with van der Waals surface area (Å²) < 4.78 is 18.0. The van der Waals surface area contributed by atoms with Crippen LogP contribution >= 0.6 is 0 Å². The molecule has 0 aromatic heterocycles. The molecular formula is C20H23FN2O3. The summed E-state index contributed by atoms with van der Waals surface area (Å²) in [6.45, 7) is 2.25. The van der Waals surface area contributed by atoms with Crippen molar-refractivity contribution in [1.82, 2.24) is 10.6 Å². The molecule has 0 saturated carbocycles. The summed E-state index contributed by atoms with van der Waals surface area (Å²) in [6, 6.07) is 12.6. The quantitative estimate of drug-likeness (QED) is 0.712. The Morgan fingerprint density at radius 2 is 1.73 bits per heavy atom. The van der Waals surface area contributed by atoms with Crippen molar-refractivity contribution in [3.63, 3.8) is 0 Å². The Kier molecular flexibility index (Phi) is 7.14. The van der Waals surface area contributed by atoms with Crippen molar-refractivity contribution >= 4 is 11.8 Å². The fourth-order valence-corrected chi connectivity index (χ4v) is 2.44. The van der Waals surface area contributed by atoms with Crippen LogP contribution in [0.1, 0.15) is 41.7 Å². The lowest BCUT2D eigenvalue weighted by Crippen LogP contribution is -2.29. The Hall–Kier alpha value is -2.89. The van der Waals surface area contributed by atoms with Crippen LogP contribution in [0, 0.1) is 5.82 Å². The molecule has 0 saturated heterocycles. The summed E-state index contributed by atoms with van der Waals surface area (Å²) >= 11 is 0. The van der Waals surface area contributed by atoms with Crippen LogP contribution in [0.15, 0.2) is 48.5 Å². The molecule has 0 bridgehead atoms. The van der Waals surface area contributed by atoms with E-state index in [1.54, 1.807) is 43.5 Å². The zero-order valence-electron chi connectivity index (χ0n) is 14.9. The van der Waals surface area contributed by atoms with Gasteiger partial charge < -0.3 is 15.4 Å². The normalized spacial score (nSPS) is 11.5. The lowest BCUT2D eigenvalue weighted by Gasteiger charge is -2.14. The Morgan fingerprint density at radius 3 is 2.35 bits per heavy atom. The third kappa shape index (κ3) is 5.88. The van der Waals surface area contributed by atoms with Gasteiger partial charge in [-0.3, -0.25) is 9.59 Å². The second-order valence-electron chi connectivity index (χ2n) is 5.93. The first-order chi connectivity index (χ1) is 12.5. The van der Waals surface area contributed by atoms with Crippen molar-refractivity contribution < 1.29 is 18.7 Å². The number of nitrogens with one attached hydrogen (secondary N) is 2. The molecule has 1 unspecified atom stereocenters. The summed E-state index contributed by atoms with van der Waals surface area (Å²) in [6.07, 6.45) is 0.832. The van der Waals surface area contributed by atoms with Gasteiger partial charge in [0.1, 0.15) is 11.6 Å². The zero-order chi connectivity index (χ0) is 18.9. The van der Waals surface area contributed by atoms with Gasteiger partial charge in [0.05, 0.1) is 13.2 Å². The maximum Gasteiger partial charge on any atom is 0.251 e. The number of carbonyl (C=O) groups excluding carboxylic acids is 2. The predicted molar refractivity (Wildman–Crippen MR) is 97.5 cm³/mol. The number of rotatable bonds is 8. The lowest BCUT2D eigenvalue weighted by molar-refractivity contribution is -0.121. The Balaban J connectivity index is 1.69. The summed E-state index contributed by atoms with van der Waals surface area (Å²) in [5.41, 5.74) is 1.38. The topological polar surface area (TPSA) is 67.4 Å². The van der Waals surface area contributed by atoms with Gasteiger partial charge in [0.15, 0.2) is 0 Å². The molecule has 0 radical (unpaired) electrons. The number of amides is 2. The molecule has 0 aliphatic heterocycles. The van der Waals surface area contributed by atoms with Gasteiger partial charge in [-0.15, -0.1) is 0 Å². The monoisotopic (exact) mass is 358 g/mol. The first-order valence-corrected chi connectivity index (χ1v) is 8.46. The van der Waals surface area contributed by atoms with Crippen LogP contribution in [0.25, 0.3) is 0 Å². The summed E-state index contributed by atoms with van der Waals surface area (Å²) in [7, 11) is 1.57. The van der Waals surface area contributed by atoms with Crippen molar-refractivity contribution in [2.75, 3.05) is 13.7 Å². The summed E-state index contributed by atoms with van der Waals surface area (Å²) in [5.74, 6) is 0.0848. The second-order valence-corrected chi connectivity index (χ2v) is 5.93. The SMILES string of the molecule is COc1ccc(C(=O)NCCCC(=O)NC(C)c2ccc(F)cc2)cc1. The molecule has 2 N–H and O–H groups in total. The van der Waals surface area contributed by atoms with Crippen molar-refractivity contribution in [2.45, 2.75) is 25.8 Å². The van der Waals surface area contributed by atoms with Gasteiger partial charge in [-0.2, -0.15) is 0 Å². The Labute approximate surface area is 152 Å². The van der Waals surface area contributed by atoms with Gasteiger partial charge in [-0.25, -0.2) is 4.39 Å². The fourth-order valence-electron chi connectivity index (χ4n) is 2.44. The van der Waals surface area contributed by atoms with Crippen molar-refractivity contribution in [3.8, 4) is 5.75 Å². The largest absolute Gasteiger partial charge is 0.497 e. The van der Waals surface area contributed by atoms with E-state index in [0.29, 0.717) is 30.7 Å². The van der Waals surface area contributed by atoms with E-state index < -0.39 is 0 Å². The molecule has 2 rings (SSSR count). The molecule has 0 heterocycles. The van der Waals surface area contributed by atoms with Gasteiger partial charge in [0.2, 0.25) is 5.91 Å². The van der Waals surface area contributed by atoms with E-state index in [0.717, 1.165) is 5.56 Å². The van der Waals surface area contributed by atoms with Crippen LogP contribution < -0.4 is 15.4 Å². The third-order valence-electron chi connectivity index (χ3n) is 3.97. The third-order valence-corrected chi connectivity index (χ3v) is 3.97. The van der Waals surface area contributed by atoms with Crippen molar-refractivity contribution in [3.05, 3.63) is 65.5 Å². The molecule has 2 aromatic carbocycles. The number of carbonyl (C=O) groups is 2. The molecule has 0 aliphatic carbocycles. The number of hydrogen-bond acceptors (Lipinski definition) is 3. The standard InChI is InChI=1S/C20H23FN2O3/c1-14(15-5-9-17(21)10-6-15)23-19(24)4-3-13-22-20(25)16-7-11-18(26-2)12-8-16/h5-12,14H,3-4,13H2,1-2H3,(H,22,25)(H,23,24). The minimum Gasteiger partial charge on any atom is -0.497 e. The van der Waals surface area contributed by atoms with E-state index in [2.05, 4.69) is 10.6 Å². The number of benzene rings is 2. The maximum atomic E-state index is 12.9. The van der Waals surface area contributed by atoms with E-state index in [1.807, 2.05) is 6.92 Å². The number of hydrogen-bond donors (Lipinski definition) is 2. The van der Waals surface area contributed by atoms with Gasteiger partial charge in [0.25, 0.3) is 5.91 Å². The summed E-state index contributed by atoms with van der Waals surface area (Å²) in [5, 5.41) is 5.64. The van der Waals surface area contributed by atoms with Crippen LogP contribution in [0.2, 0.25) is 0 Å². The van der Waals surface area contributed by atoms with Crippen LogP contribution in [-0.2, 0) is 4.79 Å². The van der Waals surface area contributed by atoms with E-state index in [9.17, 15) is 14.0 Å². The van der Waals surface area contributed by atoms with Gasteiger partial charge >= 0.3 is 0 Å². The Bertz CT molecular complexity index is 730. The molecule has 0 fully saturated rings. The van der Waals surface area contributed by atoms with Crippen LogP contribution in [-0.4, -0.2) is 25.5 Å². The molecule has 138 valence electrons. The number of ether oxygens (including phenoxy) is 1. The highest BCUT2D eigenvalue weighted by molar-refractivity contribution is 5.94. The highest BCUT2D eigenvalue weighted by Gasteiger charge is 2.10.